The quantitative estimate of drug-likeness (QED) is 0.637. The first-order chi connectivity index (χ1) is 10.6. The van der Waals surface area contributed by atoms with Crippen LogP contribution in [0.3, 0.4) is 0 Å². The number of benzene rings is 1. The maximum absolute atomic E-state index is 5.39. The zero-order valence-electron chi connectivity index (χ0n) is 14.0. The van der Waals surface area contributed by atoms with E-state index in [1.54, 1.807) is 0 Å². The van der Waals surface area contributed by atoms with Crippen LogP contribution in [0.25, 0.3) is 0 Å². The van der Waals surface area contributed by atoms with E-state index in [9.17, 15) is 0 Å². The highest BCUT2D eigenvalue weighted by molar-refractivity contribution is 7.80. The van der Waals surface area contributed by atoms with Gasteiger partial charge in [-0.3, -0.25) is 0 Å². The van der Waals surface area contributed by atoms with Crippen LogP contribution in [0.2, 0.25) is 0 Å². The molecule has 0 aliphatic carbocycles. The van der Waals surface area contributed by atoms with Gasteiger partial charge in [0.05, 0.1) is 0 Å². The van der Waals surface area contributed by atoms with Gasteiger partial charge in [-0.05, 0) is 82.2 Å². The third-order valence-corrected chi connectivity index (χ3v) is 4.52. The minimum atomic E-state index is 0.726. The molecule has 3 nitrogen and oxygen atoms in total. The number of hydrogen-bond acceptors (Lipinski definition) is 2. The Hall–Kier alpha value is -1.13. The van der Waals surface area contributed by atoms with E-state index in [1.165, 1.54) is 56.4 Å². The number of likely N-dealkylation sites (tertiary alicyclic amines) is 1. The topological polar surface area (TPSA) is 27.3 Å². The van der Waals surface area contributed by atoms with Crippen molar-refractivity contribution in [3.63, 3.8) is 0 Å². The van der Waals surface area contributed by atoms with Gasteiger partial charge < -0.3 is 15.5 Å². The van der Waals surface area contributed by atoms with E-state index in [0.717, 1.165) is 23.8 Å². The fourth-order valence-electron chi connectivity index (χ4n) is 2.90. The van der Waals surface area contributed by atoms with Crippen LogP contribution in [0.15, 0.2) is 18.2 Å². The number of aryl methyl sites for hydroxylation is 2. The average Bonchev–Trinajstić information content (AvgIpc) is 2.76. The first-order valence-corrected chi connectivity index (χ1v) is 8.90. The molecule has 0 bridgehead atoms. The first kappa shape index (κ1) is 17.2. The van der Waals surface area contributed by atoms with Crippen LogP contribution < -0.4 is 10.6 Å². The Balaban J connectivity index is 1.66. The zero-order valence-corrected chi connectivity index (χ0v) is 14.8. The number of nitrogens with zero attached hydrogens (tertiary/aromatic N) is 1. The lowest BCUT2D eigenvalue weighted by Crippen LogP contribution is -2.33. The van der Waals surface area contributed by atoms with Crippen molar-refractivity contribution < 1.29 is 0 Å². The van der Waals surface area contributed by atoms with Gasteiger partial charge in [0, 0.05) is 12.2 Å². The minimum absolute atomic E-state index is 0.726. The second-order valence-electron chi connectivity index (χ2n) is 6.31. The third-order valence-electron chi connectivity index (χ3n) is 4.28. The van der Waals surface area contributed by atoms with E-state index in [-0.39, 0.29) is 0 Å². The number of thiocarbonyl (C=S) groups is 1. The van der Waals surface area contributed by atoms with E-state index in [1.807, 2.05) is 0 Å². The van der Waals surface area contributed by atoms with Crippen molar-refractivity contribution in [2.24, 2.45) is 0 Å². The van der Waals surface area contributed by atoms with Gasteiger partial charge in [-0.15, -0.1) is 0 Å². The molecule has 0 radical (unpaired) electrons. The van der Waals surface area contributed by atoms with Gasteiger partial charge in [0.15, 0.2) is 5.11 Å². The Morgan fingerprint density at radius 2 is 1.86 bits per heavy atom. The summed E-state index contributed by atoms with van der Waals surface area (Å²) in [6.07, 6.45) is 6.67. The summed E-state index contributed by atoms with van der Waals surface area (Å²) < 4.78 is 0. The Bertz CT molecular complexity index is 479. The van der Waals surface area contributed by atoms with Gasteiger partial charge in [-0.1, -0.05) is 25.0 Å². The second-order valence-corrected chi connectivity index (χ2v) is 6.72. The van der Waals surface area contributed by atoms with Crippen LogP contribution in [0, 0.1) is 13.8 Å². The zero-order chi connectivity index (χ0) is 15.8. The van der Waals surface area contributed by atoms with Crippen molar-refractivity contribution in [1.82, 2.24) is 10.2 Å². The molecule has 0 aromatic heterocycles. The van der Waals surface area contributed by atoms with E-state index in [2.05, 4.69) is 47.6 Å². The molecule has 0 atom stereocenters. The largest absolute Gasteiger partial charge is 0.362 e. The van der Waals surface area contributed by atoms with E-state index in [4.69, 9.17) is 12.2 Å². The molecule has 1 fully saturated rings. The second kappa shape index (κ2) is 9.11. The summed E-state index contributed by atoms with van der Waals surface area (Å²) in [5, 5.41) is 7.36. The lowest BCUT2D eigenvalue weighted by Gasteiger charge is -2.20. The maximum Gasteiger partial charge on any atom is 0.170 e. The van der Waals surface area contributed by atoms with E-state index < -0.39 is 0 Å². The molecule has 0 saturated carbocycles. The lowest BCUT2D eigenvalue weighted by atomic mass is 10.1. The molecule has 122 valence electrons. The molecule has 2 rings (SSSR count). The van der Waals surface area contributed by atoms with Crippen molar-refractivity contribution >= 4 is 23.0 Å². The molecule has 0 spiro atoms. The SMILES string of the molecule is Cc1ccc(C)c(NC(=S)NCCCN2CCCCCC2)c1. The maximum atomic E-state index is 5.39. The molecule has 1 saturated heterocycles. The minimum Gasteiger partial charge on any atom is -0.362 e. The van der Waals surface area contributed by atoms with E-state index >= 15 is 0 Å². The van der Waals surface area contributed by atoms with Crippen molar-refractivity contribution in [3.05, 3.63) is 29.3 Å². The smallest absolute Gasteiger partial charge is 0.170 e. The molecule has 2 N–H and O–H groups in total. The molecule has 1 aliphatic heterocycles. The lowest BCUT2D eigenvalue weighted by molar-refractivity contribution is 0.282. The highest BCUT2D eigenvalue weighted by Crippen LogP contribution is 2.16. The Labute approximate surface area is 140 Å². The number of anilines is 1. The molecular weight excluding hydrogens is 290 g/mol. The van der Waals surface area contributed by atoms with Crippen LogP contribution >= 0.6 is 12.2 Å². The standard InChI is InChI=1S/C18H29N3S/c1-15-8-9-16(2)17(14-15)20-18(22)19-10-7-13-21-11-5-3-4-6-12-21/h8-9,14H,3-7,10-13H2,1-2H3,(H2,19,20,22). The molecular formula is C18H29N3S. The van der Waals surface area contributed by atoms with Gasteiger partial charge in [0.1, 0.15) is 0 Å². The summed E-state index contributed by atoms with van der Waals surface area (Å²) in [6.45, 7) is 8.86. The van der Waals surface area contributed by atoms with E-state index in [0.29, 0.717) is 0 Å². The molecule has 1 aliphatic rings. The fraction of sp³-hybridized carbons (Fsp3) is 0.611. The van der Waals surface area contributed by atoms with Gasteiger partial charge >= 0.3 is 0 Å². The Kier molecular flexibility index (Phi) is 7.13. The van der Waals surface area contributed by atoms with Gasteiger partial charge in [-0.25, -0.2) is 0 Å². The number of nitrogens with one attached hydrogen (secondary N) is 2. The summed E-state index contributed by atoms with van der Waals surface area (Å²) in [6, 6.07) is 6.39. The molecule has 1 aromatic carbocycles. The predicted molar refractivity (Wildman–Crippen MR) is 99.7 cm³/mol. The molecule has 0 amide bonds. The van der Waals surface area contributed by atoms with Crippen LogP contribution in [0.1, 0.15) is 43.2 Å². The molecule has 22 heavy (non-hydrogen) atoms. The summed E-state index contributed by atoms with van der Waals surface area (Å²) in [7, 11) is 0. The molecule has 1 aromatic rings. The number of rotatable bonds is 5. The van der Waals surface area contributed by atoms with Crippen molar-refractivity contribution in [2.75, 3.05) is 31.5 Å². The highest BCUT2D eigenvalue weighted by Gasteiger charge is 2.08. The van der Waals surface area contributed by atoms with Crippen LogP contribution in [0.4, 0.5) is 5.69 Å². The van der Waals surface area contributed by atoms with Crippen molar-refractivity contribution in [3.8, 4) is 0 Å². The van der Waals surface area contributed by atoms with Crippen molar-refractivity contribution in [1.29, 1.82) is 0 Å². The summed E-state index contributed by atoms with van der Waals surface area (Å²) in [5.41, 5.74) is 3.57. The van der Waals surface area contributed by atoms with Gasteiger partial charge in [0.2, 0.25) is 0 Å². The van der Waals surface area contributed by atoms with Crippen LogP contribution in [0.5, 0.6) is 0 Å². The average molecular weight is 320 g/mol. The predicted octanol–water partition coefficient (Wildman–Crippen LogP) is 3.86. The van der Waals surface area contributed by atoms with Crippen LogP contribution in [-0.2, 0) is 0 Å². The van der Waals surface area contributed by atoms with Gasteiger partial charge in [0.25, 0.3) is 0 Å². The highest BCUT2D eigenvalue weighted by atomic mass is 32.1. The molecule has 4 heteroatoms. The first-order valence-electron chi connectivity index (χ1n) is 8.49. The summed E-state index contributed by atoms with van der Waals surface area (Å²) in [5.74, 6) is 0. The summed E-state index contributed by atoms with van der Waals surface area (Å²) in [4.78, 5) is 2.59. The fourth-order valence-corrected chi connectivity index (χ4v) is 3.11. The molecule has 0 unspecified atom stereocenters. The third kappa shape index (κ3) is 5.93. The van der Waals surface area contributed by atoms with Crippen LogP contribution in [-0.4, -0.2) is 36.2 Å². The van der Waals surface area contributed by atoms with Gasteiger partial charge in [-0.2, -0.15) is 0 Å². The molecule has 1 heterocycles. The van der Waals surface area contributed by atoms with Crippen molar-refractivity contribution in [2.45, 2.75) is 46.0 Å². The summed E-state index contributed by atoms with van der Waals surface area (Å²) >= 11 is 5.39. The number of hydrogen-bond donors (Lipinski definition) is 2. The Morgan fingerprint density at radius 1 is 1.14 bits per heavy atom. The normalized spacial score (nSPS) is 16.1. The monoisotopic (exact) mass is 319 g/mol. The Morgan fingerprint density at radius 3 is 2.59 bits per heavy atom.